The maximum absolute atomic E-state index is 14.2. The molecule has 9 heteroatoms. The molecule has 1 amide bonds. The van der Waals surface area contributed by atoms with Crippen LogP contribution in [0.1, 0.15) is 67.2 Å². The fourth-order valence-electron chi connectivity index (χ4n) is 6.26. The first-order chi connectivity index (χ1) is 19.9. The first-order valence-electron chi connectivity index (χ1n) is 14.7. The molecule has 2 aliphatic rings. The molecule has 0 spiro atoms. The minimum Gasteiger partial charge on any atom is -0.494 e. The molecule has 2 aromatic carbocycles. The molecule has 1 aliphatic carbocycles. The van der Waals surface area contributed by atoms with E-state index in [4.69, 9.17) is 14.5 Å². The first-order valence-corrected chi connectivity index (χ1v) is 14.7. The number of benzene rings is 2. The predicted molar refractivity (Wildman–Crippen MR) is 157 cm³/mol. The Labute approximate surface area is 242 Å². The first kappa shape index (κ1) is 29.3. The van der Waals surface area contributed by atoms with E-state index in [1.54, 1.807) is 20.4 Å². The highest BCUT2D eigenvalue weighted by Gasteiger charge is 2.42. The molecule has 5 rings (SSSR count). The molecule has 1 saturated carbocycles. The van der Waals surface area contributed by atoms with Crippen LogP contribution >= 0.6 is 0 Å². The number of hydrogen-bond donors (Lipinski definition) is 3. The number of aliphatic hydroxyl groups is 2. The maximum Gasteiger partial charge on any atom is 0.275 e. The summed E-state index contributed by atoms with van der Waals surface area (Å²) in [6.07, 6.45) is 5.16. The van der Waals surface area contributed by atoms with Gasteiger partial charge < -0.3 is 34.5 Å². The van der Waals surface area contributed by atoms with E-state index < -0.39 is 11.7 Å². The van der Waals surface area contributed by atoms with Crippen molar-refractivity contribution in [3.05, 3.63) is 72.2 Å². The molecule has 220 valence electrons. The van der Waals surface area contributed by atoms with Crippen LogP contribution < -0.4 is 10.1 Å². The highest BCUT2D eigenvalue weighted by atomic mass is 16.5. The average molecular weight is 563 g/mol. The largest absolute Gasteiger partial charge is 0.494 e. The smallest absolute Gasteiger partial charge is 0.275 e. The van der Waals surface area contributed by atoms with E-state index in [2.05, 4.69) is 5.32 Å². The molecule has 3 N–H and O–H groups in total. The van der Waals surface area contributed by atoms with Crippen LogP contribution in [0.3, 0.4) is 0 Å². The fraction of sp³-hybridized carbons (Fsp3) is 0.500. The van der Waals surface area contributed by atoms with Crippen LogP contribution in [0.5, 0.6) is 5.75 Å². The zero-order valence-corrected chi connectivity index (χ0v) is 24.0. The lowest BCUT2D eigenvalue weighted by molar-refractivity contribution is -0.0893. The normalized spacial score (nSPS) is 23.8. The Morgan fingerprint density at radius 3 is 2.80 bits per heavy atom. The third-order valence-electron chi connectivity index (χ3n) is 8.40. The van der Waals surface area contributed by atoms with Crippen LogP contribution in [0.4, 0.5) is 0 Å². The molecule has 1 unspecified atom stereocenters. The number of aromatic nitrogens is 2. The molecule has 2 heterocycles. The van der Waals surface area contributed by atoms with Crippen molar-refractivity contribution in [3.63, 3.8) is 0 Å². The molecule has 0 bridgehead atoms. The quantitative estimate of drug-likeness (QED) is 0.343. The van der Waals surface area contributed by atoms with Gasteiger partial charge in [0.25, 0.3) is 5.91 Å². The summed E-state index contributed by atoms with van der Waals surface area (Å²) in [5.41, 5.74) is 1.81. The molecule has 1 aromatic heterocycles. The monoisotopic (exact) mass is 562 g/mol. The molecular formula is C32H42N4O5. The van der Waals surface area contributed by atoms with Crippen LogP contribution in [0.15, 0.2) is 60.9 Å². The number of nitrogens with one attached hydrogen (secondary N) is 1. The average Bonchev–Trinajstić information content (AvgIpc) is 3.43. The van der Waals surface area contributed by atoms with Gasteiger partial charge in [0.15, 0.2) is 5.69 Å². The number of hydrogen-bond acceptors (Lipinski definition) is 7. The van der Waals surface area contributed by atoms with Gasteiger partial charge in [-0.05, 0) is 37.5 Å². The highest BCUT2D eigenvalue weighted by molar-refractivity contribution is 5.98. The van der Waals surface area contributed by atoms with Gasteiger partial charge in [-0.2, -0.15) is 0 Å². The van der Waals surface area contributed by atoms with Crippen molar-refractivity contribution in [3.8, 4) is 17.0 Å². The minimum absolute atomic E-state index is 0.0647. The van der Waals surface area contributed by atoms with Gasteiger partial charge in [0.2, 0.25) is 0 Å². The molecule has 1 aliphatic heterocycles. The summed E-state index contributed by atoms with van der Waals surface area (Å²) in [4.78, 5) is 20.8. The summed E-state index contributed by atoms with van der Waals surface area (Å²) in [6, 6.07) is 17.0. The number of carbonyl (C=O) groups is 1. The Morgan fingerprint density at radius 2 is 2.02 bits per heavy atom. The Balaban J connectivity index is 1.40. The van der Waals surface area contributed by atoms with Crippen LogP contribution in [0, 0.1) is 0 Å². The molecule has 4 atom stereocenters. The van der Waals surface area contributed by atoms with Crippen molar-refractivity contribution >= 4 is 5.91 Å². The van der Waals surface area contributed by atoms with Crippen LogP contribution in [-0.4, -0.2) is 82.2 Å². The lowest BCUT2D eigenvalue weighted by Crippen LogP contribution is -2.54. The van der Waals surface area contributed by atoms with Crippen molar-refractivity contribution in [1.82, 2.24) is 19.8 Å². The van der Waals surface area contributed by atoms with Gasteiger partial charge in [-0.3, -0.25) is 4.79 Å². The second kappa shape index (κ2) is 13.2. The van der Waals surface area contributed by atoms with Crippen molar-refractivity contribution in [2.45, 2.75) is 62.8 Å². The molecule has 9 nitrogen and oxygen atoms in total. The van der Waals surface area contributed by atoms with E-state index in [-0.39, 0.29) is 24.6 Å². The van der Waals surface area contributed by atoms with Gasteiger partial charge in [0.05, 0.1) is 37.4 Å². The lowest BCUT2D eigenvalue weighted by atomic mass is 9.80. The van der Waals surface area contributed by atoms with E-state index in [0.29, 0.717) is 50.5 Å². The van der Waals surface area contributed by atoms with Crippen molar-refractivity contribution in [1.29, 1.82) is 0 Å². The predicted octanol–water partition coefficient (Wildman–Crippen LogP) is 3.98. The Kier molecular flexibility index (Phi) is 9.39. The number of piperazine rings is 1. The maximum atomic E-state index is 14.2. The van der Waals surface area contributed by atoms with Gasteiger partial charge >= 0.3 is 0 Å². The molecule has 2 fully saturated rings. The number of rotatable bonds is 10. The summed E-state index contributed by atoms with van der Waals surface area (Å²) in [7, 11) is 1.61. The van der Waals surface area contributed by atoms with Gasteiger partial charge in [0.1, 0.15) is 11.4 Å². The topological polar surface area (TPSA) is 109 Å². The van der Waals surface area contributed by atoms with E-state index in [9.17, 15) is 15.0 Å². The van der Waals surface area contributed by atoms with Crippen molar-refractivity contribution in [2.24, 2.45) is 0 Å². The van der Waals surface area contributed by atoms with E-state index in [1.165, 1.54) is 0 Å². The van der Waals surface area contributed by atoms with Crippen LogP contribution in [0.2, 0.25) is 0 Å². The van der Waals surface area contributed by atoms with Crippen molar-refractivity contribution in [2.75, 3.05) is 40.0 Å². The van der Waals surface area contributed by atoms with Gasteiger partial charge in [-0.15, -0.1) is 0 Å². The summed E-state index contributed by atoms with van der Waals surface area (Å²) in [5.74, 6) is 0.586. The number of nitrogens with zero attached hydrogens (tertiary/aromatic N) is 3. The molecule has 0 radical (unpaired) electrons. The second-order valence-electron chi connectivity index (χ2n) is 11.3. The minimum atomic E-state index is -1.03. The molecule has 3 aromatic rings. The number of methoxy groups -OCH3 is 1. The summed E-state index contributed by atoms with van der Waals surface area (Å²) >= 11 is 0. The third-order valence-corrected chi connectivity index (χ3v) is 8.40. The highest BCUT2D eigenvalue weighted by Crippen LogP contribution is 2.41. The Bertz CT molecular complexity index is 1290. The van der Waals surface area contributed by atoms with Crippen LogP contribution in [-0.2, 0) is 4.74 Å². The molecule has 1 saturated heterocycles. The summed E-state index contributed by atoms with van der Waals surface area (Å²) in [6.45, 7) is 4.34. The number of carbonyl (C=O) groups excluding carboxylic acids is 1. The SMILES string of the molecule is COC[C@]1(O)CCCC[C@H]1n1cnc(C(=O)N2CCNC[C@H]2CCOc2cccc(C(C)O)c2)c1-c1ccccc1. The summed E-state index contributed by atoms with van der Waals surface area (Å²) in [5, 5.41) is 24.9. The zero-order chi connectivity index (χ0) is 28.8. The van der Waals surface area contributed by atoms with Gasteiger partial charge in [-0.1, -0.05) is 55.3 Å². The number of ether oxygens (including phenoxy) is 2. The third kappa shape index (κ3) is 6.48. The Morgan fingerprint density at radius 1 is 1.20 bits per heavy atom. The van der Waals surface area contributed by atoms with Crippen LogP contribution in [0.25, 0.3) is 11.3 Å². The van der Waals surface area contributed by atoms with E-state index in [1.807, 2.05) is 64.1 Å². The number of imidazole rings is 1. The van der Waals surface area contributed by atoms with E-state index >= 15 is 0 Å². The van der Waals surface area contributed by atoms with Gasteiger partial charge in [-0.25, -0.2) is 4.98 Å². The molecular weight excluding hydrogens is 520 g/mol. The number of aliphatic hydroxyl groups excluding tert-OH is 1. The lowest BCUT2D eigenvalue weighted by Gasteiger charge is -2.41. The van der Waals surface area contributed by atoms with E-state index in [0.717, 1.165) is 36.1 Å². The van der Waals surface area contributed by atoms with Crippen molar-refractivity contribution < 1.29 is 24.5 Å². The second-order valence-corrected chi connectivity index (χ2v) is 11.3. The fourth-order valence-corrected chi connectivity index (χ4v) is 6.26. The summed E-state index contributed by atoms with van der Waals surface area (Å²) < 4.78 is 13.5. The standard InChI is InChI=1S/C32H42N4O5/c1-23(37)25-11-8-12-27(19-25)41-18-14-26-20-33-16-17-35(26)31(38)29-30(24-9-4-3-5-10-24)36(22-34-29)28-13-6-7-15-32(28,39)21-40-2/h3-5,8-12,19,22-23,26,28,33,37,39H,6-7,13-18,20-21H2,1-2H3/t23?,26-,28-,32-/m1/s1. The molecule has 41 heavy (non-hydrogen) atoms. The Hall–Kier alpha value is -3.24. The zero-order valence-electron chi connectivity index (χ0n) is 24.0. The van der Waals surface area contributed by atoms with Gasteiger partial charge in [0, 0.05) is 44.8 Å². The number of amides is 1.